The first-order valence-electron chi connectivity index (χ1n) is 6.77. The molecule has 0 N–H and O–H groups in total. The molecule has 2 aromatic rings. The van der Waals surface area contributed by atoms with E-state index < -0.39 is 36.6 Å². The second-order valence-corrected chi connectivity index (χ2v) is 4.61. The van der Waals surface area contributed by atoms with Crippen LogP contribution in [-0.4, -0.2) is 25.0 Å². The lowest BCUT2D eigenvalue weighted by Gasteiger charge is -2.08. The predicted octanol–water partition coefficient (Wildman–Crippen LogP) is 2.64. The van der Waals surface area contributed by atoms with E-state index in [1.807, 2.05) is 6.07 Å². The normalized spacial score (nSPS) is 9.88. The number of esters is 1. The number of ketones is 1. The van der Waals surface area contributed by atoms with E-state index in [1.54, 1.807) is 12.1 Å². The van der Waals surface area contributed by atoms with Crippen molar-refractivity contribution in [3.63, 3.8) is 0 Å². The Bertz CT molecular complexity index is 814. The molecule has 0 amide bonds. The van der Waals surface area contributed by atoms with Gasteiger partial charge in [0.2, 0.25) is 0 Å². The summed E-state index contributed by atoms with van der Waals surface area (Å²) in [6, 6.07) is 10.8. The summed E-state index contributed by atoms with van der Waals surface area (Å²) in [6.45, 7) is -1.13. The van der Waals surface area contributed by atoms with Gasteiger partial charge in [0.05, 0.1) is 5.56 Å². The van der Waals surface area contributed by atoms with Crippen LogP contribution in [0.15, 0.2) is 42.5 Å². The van der Waals surface area contributed by atoms with Crippen LogP contribution in [0.25, 0.3) is 0 Å². The summed E-state index contributed by atoms with van der Waals surface area (Å²) in [5.74, 6) is -3.54. The van der Waals surface area contributed by atoms with Gasteiger partial charge in [-0.3, -0.25) is 4.79 Å². The molecule has 122 valence electrons. The zero-order chi connectivity index (χ0) is 17.5. The molecule has 2 aromatic carbocycles. The average molecular weight is 331 g/mol. The minimum atomic E-state index is -1.16. The fourth-order valence-electron chi connectivity index (χ4n) is 1.76. The second kappa shape index (κ2) is 7.83. The standard InChI is InChI=1S/C17H11F2NO4/c18-13-6-5-11(7-14(13)19)15(21)9-24-17(22)10-23-16-4-2-1-3-12(16)8-20/h1-7H,9-10H2. The highest BCUT2D eigenvalue weighted by Gasteiger charge is 2.13. The van der Waals surface area contributed by atoms with Crippen LogP contribution in [-0.2, 0) is 9.53 Å². The molecule has 0 saturated heterocycles. The quantitative estimate of drug-likeness (QED) is 0.601. The smallest absolute Gasteiger partial charge is 0.344 e. The molecule has 0 aromatic heterocycles. The lowest BCUT2D eigenvalue weighted by atomic mass is 10.1. The third kappa shape index (κ3) is 4.36. The molecule has 5 nitrogen and oxygen atoms in total. The van der Waals surface area contributed by atoms with E-state index in [4.69, 9.17) is 14.7 Å². The highest BCUT2D eigenvalue weighted by Crippen LogP contribution is 2.16. The zero-order valence-corrected chi connectivity index (χ0v) is 12.3. The number of carbonyl (C=O) groups excluding carboxylic acids is 2. The molecule has 0 bridgehead atoms. The maximum Gasteiger partial charge on any atom is 0.344 e. The van der Waals surface area contributed by atoms with Crippen LogP contribution >= 0.6 is 0 Å². The summed E-state index contributed by atoms with van der Waals surface area (Å²) in [5, 5.41) is 8.88. The van der Waals surface area contributed by atoms with E-state index in [0.29, 0.717) is 0 Å². The highest BCUT2D eigenvalue weighted by atomic mass is 19.2. The molecule has 2 rings (SSSR count). The molecule has 0 aliphatic carbocycles. The van der Waals surface area contributed by atoms with Gasteiger partial charge < -0.3 is 9.47 Å². The van der Waals surface area contributed by atoms with Crippen molar-refractivity contribution in [3.8, 4) is 11.8 Å². The molecule has 24 heavy (non-hydrogen) atoms. The van der Waals surface area contributed by atoms with Crippen LogP contribution < -0.4 is 4.74 Å². The number of Topliss-reactive ketones (excluding diaryl/α,β-unsaturated/α-hetero) is 1. The molecule has 7 heteroatoms. The van der Waals surface area contributed by atoms with Gasteiger partial charge in [-0.05, 0) is 30.3 Å². The van der Waals surface area contributed by atoms with Crippen molar-refractivity contribution in [1.82, 2.24) is 0 Å². The maximum absolute atomic E-state index is 13.0. The van der Waals surface area contributed by atoms with Crippen LogP contribution in [0.5, 0.6) is 5.75 Å². The molecule has 0 radical (unpaired) electrons. The summed E-state index contributed by atoms with van der Waals surface area (Å²) >= 11 is 0. The van der Waals surface area contributed by atoms with E-state index in [0.717, 1.165) is 18.2 Å². The van der Waals surface area contributed by atoms with Crippen LogP contribution in [0.3, 0.4) is 0 Å². The Labute approximate surface area is 136 Å². The van der Waals surface area contributed by atoms with Gasteiger partial charge in [-0.1, -0.05) is 12.1 Å². The average Bonchev–Trinajstić information content (AvgIpc) is 2.60. The summed E-state index contributed by atoms with van der Waals surface area (Å²) in [4.78, 5) is 23.3. The van der Waals surface area contributed by atoms with Crippen molar-refractivity contribution >= 4 is 11.8 Å². The minimum absolute atomic E-state index is 0.113. The lowest BCUT2D eigenvalue weighted by Crippen LogP contribution is -2.19. The SMILES string of the molecule is N#Cc1ccccc1OCC(=O)OCC(=O)c1ccc(F)c(F)c1. The van der Waals surface area contributed by atoms with Crippen LogP contribution in [0.1, 0.15) is 15.9 Å². The van der Waals surface area contributed by atoms with Crippen LogP contribution in [0.2, 0.25) is 0 Å². The molecule has 0 aliphatic rings. The van der Waals surface area contributed by atoms with Crippen LogP contribution in [0, 0.1) is 23.0 Å². The van der Waals surface area contributed by atoms with E-state index >= 15 is 0 Å². The number of carbonyl (C=O) groups is 2. The molecule has 0 fully saturated rings. The summed E-state index contributed by atoms with van der Waals surface area (Å²) < 4.78 is 35.7. The third-order valence-corrected chi connectivity index (χ3v) is 2.96. The largest absolute Gasteiger partial charge is 0.481 e. The molecule has 0 unspecified atom stereocenters. The number of rotatable bonds is 6. The molecule has 0 saturated carbocycles. The molecule has 0 aliphatic heterocycles. The first-order valence-corrected chi connectivity index (χ1v) is 6.77. The Morgan fingerprint density at radius 2 is 1.79 bits per heavy atom. The first kappa shape index (κ1) is 17.1. The number of hydrogen-bond donors (Lipinski definition) is 0. The van der Waals surface area contributed by atoms with Crippen molar-refractivity contribution in [2.75, 3.05) is 13.2 Å². The van der Waals surface area contributed by atoms with Gasteiger partial charge in [-0.25, -0.2) is 13.6 Å². The van der Waals surface area contributed by atoms with Crippen LogP contribution in [0.4, 0.5) is 8.78 Å². The second-order valence-electron chi connectivity index (χ2n) is 4.61. The van der Waals surface area contributed by atoms with E-state index in [2.05, 4.69) is 0 Å². The van der Waals surface area contributed by atoms with Gasteiger partial charge in [0.1, 0.15) is 11.8 Å². The van der Waals surface area contributed by atoms with Crippen molar-refractivity contribution in [3.05, 3.63) is 65.2 Å². The zero-order valence-electron chi connectivity index (χ0n) is 12.3. The van der Waals surface area contributed by atoms with E-state index in [1.165, 1.54) is 12.1 Å². The van der Waals surface area contributed by atoms with Crippen molar-refractivity contribution in [1.29, 1.82) is 5.26 Å². The van der Waals surface area contributed by atoms with Gasteiger partial charge >= 0.3 is 5.97 Å². The number of halogens is 2. The van der Waals surface area contributed by atoms with E-state index in [-0.39, 0.29) is 16.9 Å². The highest BCUT2D eigenvalue weighted by molar-refractivity contribution is 5.97. The van der Waals surface area contributed by atoms with Gasteiger partial charge in [0, 0.05) is 5.56 Å². The fraction of sp³-hybridized carbons (Fsp3) is 0.118. The minimum Gasteiger partial charge on any atom is -0.481 e. The maximum atomic E-state index is 13.0. The monoisotopic (exact) mass is 331 g/mol. The fourth-order valence-corrected chi connectivity index (χ4v) is 1.76. The Hall–Kier alpha value is -3.27. The van der Waals surface area contributed by atoms with Gasteiger partial charge in [-0.15, -0.1) is 0 Å². The van der Waals surface area contributed by atoms with Crippen molar-refractivity contribution in [2.24, 2.45) is 0 Å². The van der Waals surface area contributed by atoms with Gasteiger partial charge in [0.25, 0.3) is 0 Å². The number of nitrogens with zero attached hydrogens (tertiary/aromatic N) is 1. The summed E-state index contributed by atoms with van der Waals surface area (Å²) in [6.07, 6.45) is 0. The number of hydrogen-bond acceptors (Lipinski definition) is 5. The number of benzene rings is 2. The number of para-hydroxylation sites is 1. The summed E-state index contributed by atoms with van der Waals surface area (Å²) in [5.41, 5.74) is 0.139. The predicted molar refractivity (Wildman–Crippen MR) is 78.3 cm³/mol. The molecule has 0 heterocycles. The van der Waals surface area contributed by atoms with Gasteiger partial charge in [0.15, 0.2) is 30.6 Å². The molecule has 0 atom stereocenters. The topological polar surface area (TPSA) is 76.4 Å². The Balaban J connectivity index is 1.86. The summed E-state index contributed by atoms with van der Waals surface area (Å²) in [7, 11) is 0. The van der Waals surface area contributed by atoms with E-state index in [9.17, 15) is 18.4 Å². The lowest BCUT2D eigenvalue weighted by molar-refractivity contribution is -0.144. The molecular weight excluding hydrogens is 320 g/mol. The number of ether oxygens (including phenoxy) is 2. The van der Waals surface area contributed by atoms with Gasteiger partial charge in [-0.2, -0.15) is 5.26 Å². The number of nitriles is 1. The van der Waals surface area contributed by atoms with Crippen molar-refractivity contribution in [2.45, 2.75) is 0 Å². The Morgan fingerprint density at radius 3 is 2.50 bits per heavy atom. The third-order valence-electron chi connectivity index (χ3n) is 2.96. The molecule has 0 spiro atoms. The van der Waals surface area contributed by atoms with Crippen molar-refractivity contribution < 1.29 is 27.8 Å². The Morgan fingerprint density at radius 1 is 1.04 bits per heavy atom. The Kier molecular flexibility index (Phi) is 5.58. The molecular formula is C17H11F2NO4. The first-order chi connectivity index (χ1) is 11.5.